The molecule has 0 amide bonds. The van der Waals surface area contributed by atoms with Crippen molar-refractivity contribution in [3.8, 4) is 0 Å². The normalized spacial score (nSPS) is 29.2. The number of ether oxygens (including phenoxy) is 1. The molecule has 3 nitrogen and oxygen atoms in total. The van der Waals surface area contributed by atoms with Crippen LogP contribution in [0.4, 0.5) is 0 Å². The molecule has 0 radical (unpaired) electrons. The summed E-state index contributed by atoms with van der Waals surface area (Å²) >= 11 is 0. The summed E-state index contributed by atoms with van der Waals surface area (Å²) in [6.07, 6.45) is 21.9. The van der Waals surface area contributed by atoms with E-state index < -0.39 is 5.97 Å². The minimum atomic E-state index is -0.717. The maximum Gasteiger partial charge on any atom is 0.303 e. The molecular weight excluding hydrogens is 300 g/mol. The molecule has 3 heteroatoms. The Balaban J connectivity index is 1.71. The average molecular weight is 335 g/mol. The molecule has 24 heavy (non-hydrogen) atoms. The van der Waals surface area contributed by atoms with Crippen LogP contribution in [0.5, 0.6) is 0 Å². The molecule has 2 heterocycles. The lowest BCUT2D eigenvalue weighted by Crippen LogP contribution is -2.25. The molecule has 0 aromatic carbocycles. The molecule has 136 valence electrons. The smallest absolute Gasteiger partial charge is 0.303 e. The van der Waals surface area contributed by atoms with Gasteiger partial charge in [-0.15, -0.1) is 0 Å². The molecule has 0 saturated carbocycles. The van der Waals surface area contributed by atoms with Crippen LogP contribution in [0.25, 0.3) is 0 Å². The highest BCUT2D eigenvalue weighted by atomic mass is 16.5. The molecule has 2 fully saturated rings. The first-order chi connectivity index (χ1) is 11.7. The molecule has 2 bridgehead atoms. The number of carboxylic acids is 1. The van der Waals surface area contributed by atoms with Crippen molar-refractivity contribution >= 4 is 5.97 Å². The Morgan fingerprint density at radius 3 is 2.62 bits per heavy atom. The molecular formula is C21H34O3. The monoisotopic (exact) mass is 334 g/mol. The van der Waals surface area contributed by atoms with Crippen LogP contribution in [0.3, 0.4) is 0 Å². The van der Waals surface area contributed by atoms with Gasteiger partial charge in [0.2, 0.25) is 0 Å². The quantitative estimate of drug-likeness (QED) is 0.378. The second kappa shape index (κ2) is 10.7. The standard InChI is InChI=1S/C21H34O3/c1-2-3-4-5-6-9-12-17-18(20-16-15-19(17)24-20)13-10-7-8-11-14-21(22)23/h7-9,12,17-20H,2-6,10-11,13-16H2,1H3,(H,22,23)/b8-7-,12-9-/t17-,18+,19-,20+/m0/s1. The molecule has 0 unspecified atom stereocenters. The third kappa shape index (κ3) is 6.08. The van der Waals surface area contributed by atoms with Gasteiger partial charge in [0.1, 0.15) is 0 Å². The van der Waals surface area contributed by atoms with Crippen LogP contribution >= 0.6 is 0 Å². The van der Waals surface area contributed by atoms with Crippen LogP contribution in [0, 0.1) is 11.8 Å². The Morgan fingerprint density at radius 1 is 1.04 bits per heavy atom. The first kappa shape index (κ1) is 19.2. The van der Waals surface area contributed by atoms with E-state index in [9.17, 15) is 4.79 Å². The van der Waals surface area contributed by atoms with Gasteiger partial charge in [-0.1, -0.05) is 50.5 Å². The zero-order valence-corrected chi connectivity index (χ0v) is 15.2. The van der Waals surface area contributed by atoms with E-state index in [1.807, 2.05) is 6.08 Å². The van der Waals surface area contributed by atoms with Crippen molar-refractivity contribution in [2.45, 2.75) is 89.8 Å². The highest BCUT2D eigenvalue weighted by molar-refractivity contribution is 5.66. The third-order valence-corrected chi connectivity index (χ3v) is 5.43. The first-order valence-electron chi connectivity index (χ1n) is 9.91. The van der Waals surface area contributed by atoms with Crippen molar-refractivity contribution in [2.24, 2.45) is 11.8 Å². The maximum atomic E-state index is 10.5. The van der Waals surface area contributed by atoms with E-state index in [1.165, 1.54) is 44.9 Å². The van der Waals surface area contributed by atoms with Crippen molar-refractivity contribution in [2.75, 3.05) is 0 Å². The van der Waals surface area contributed by atoms with Gasteiger partial charge in [0.05, 0.1) is 12.2 Å². The highest BCUT2D eigenvalue weighted by Crippen LogP contribution is 2.46. The first-order valence-corrected chi connectivity index (χ1v) is 9.91. The second-order valence-corrected chi connectivity index (χ2v) is 7.29. The van der Waals surface area contributed by atoms with Crippen LogP contribution in [0.15, 0.2) is 24.3 Å². The number of hydrogen-bond donors (Lipinski definition) is 1. The predicted molar refractivity (Wildman–Crippen MR) is 98.0 cm³/mol. The Labute approximate surface area is 147 Å². The second-order valence-electron chi connectivity index (χ2n) is 7.29. The van der Waals surface area contributed by atoms with Crippen LogP contribution < -0.4 is 0 Å². The number of unbranched alkanes of at least 4 members (excludes halogenated alkanes) is 4. The molecule has 0 spiro atoms. The van der Waals surface area contributed by atoms with Crippen LogP contribution in [0.2, 0.25) is 0 Å². The van der Waals surface area contributed by atoms with Crippen LogP contribution in [-0.4, -0.2) is 23.3 Å². The van der Waals surface area contributed by atoms with Gasteiger partial charge in [0.25, 0.3) is 0 Å². The summed E-state index contributed by atoms with van der Waals surface area (Å²) < 4.78 is 6.15. The largest absolute Gasteiger partial charge is 0.481 e. The van der Waals surface area contributed by atoms with Crippen molar-refractivity contribution in [1.29, 1.82) is 0 Å². The molecule has 2 saturated heterocycles. The number of allylic oxidation sites excluding steroid dienone is 3. The van der Waals surface area contributed by atoms with E-state index in [0.29, 0.717) is 30.5 Å². The summed E-state index contributed by atoms with van der Waals surface area (Å²) in [6.45, 7) is 2.25. The average Bonchev–Trinajstić information content (AvgIpc) is 3.15. The lowest BCUT2D eigenvalue weighted by atomic mass is 9.76. The van der Waals surface area contributed by atoms with Crippen LogP contribution in [0.1, 0.15) is 77.6 Å². The number of hydrogen-bond acceptors (Lipinski definition) is 2. The van der Waals surface area contributed by atoms with Crippen molar-refractivity contribution in [3.05, 3.63) is 24.3 Å². The van der Waals surface area contributed by atoms with Crippen molar-refractivity contribution in [3.63, 3.8) is 0 Å². The zero-order valence-electron chi connectivity index (χ0n) is 15.2. The number of carboxylic acid groups (broad SMARTS) is 1. The minimum Gasteiger partial charge on any atom is -0.481 e. The maximum absolute atomic E-state index is 10.5. The summed E-state index contributed by atoms with van der Waals surface area (Å²) in [6, 6.07) is 0. The number of rotatable bonds is 12. The fraction of sp³-hybridized carbons (Fsp3) is 0.762. The number of carbonyl (C=O) groups is 1. The lowest BCUT2D eigenvalue weighted by molar-refractivity contribution is -0.136. The van der Waals surface area contributed by atoms with Gasteiger partial charge in [-0.05, 0) is 50.9 Å². The van der Waals surface area contributed by atoms with Gasteiger partial charge in [-0.25, -0.2) is 0 Å². The summed E-state index contributed by atoms with van der Waals surface area (Å²) in [4.78, 5) is 10.5. The molecule has 0 aromatic heterocycles. The topological polar surface area (TPSA) is 46.5 Å². The van der Waals surface area contributed by atoms with Gasteiger partial charge in [0, 0.05) is 12.3 Å². The van der Waals surface area contributed by atoms with Gasteiger partial charge in [-0.2, -0.15) is 0 Å². The lowest BCUT2D eigenvalue weighted by Gasteiger charge is -2.25. The fourth-order valence-corrected chi connectivity index (χ4v) is 4.13. The number of fused-ring (bicyclic) bond motifs is 2. The molecule has 2 aliphatic heterocycles. The van der Waals surface area contributed by atoms with E-state index in [0.717, 1.165) is 12.8 Å². The summed E-state index contributed by atoms with van der Waals surface area (Å²) in [5.41, 5.74) is 0. The Bertz CT molecular complexity index is 427. The van der Waals surface area contributed by atoms with E-state index in [1.54, 1.807) is 0 Å². The summed E-state index contributed by atoms with van der Waals surface area (Å²) in [5.74, 6) is 0.535. The van der Waals surface area contributed by atoms with Gasteiger partial charge >= 0.3 is 5.97 Å². The number of aliphatic carboxylic acids is 1. The Morgan fingerprint density at radius 2 is 1.83 bits per heavy atom. The minimum absolute atomic E-state index is 0.233. The van der Waals surface area contributed by atoms with Crippen LogP contribution in [-0.2, 0) is 9.53 Å². The Hall–Kier alpha value is -1.09. The SMILES string of the molecule is CCCCCC/C=C\[C@H]1[C@@H](CC/C=C\CCC(=O)O)[C@H]2CC[C@@H]1O2. The van der Waals surface area contributed by atoms with Gasteiger partial charge < -0.3 is 9.84 Å². The van der Waals surface area contributed by atoms with Crippen molar-refractivity contribution in [1.82, 2.24) is 0 Å². The zero-order chi connectivity index (χ0) is 17.2. The summed E-state index contributed by atoms with van der Waals surface area (Å²) in [5, 5.41) is 8.64. The molecule has 0 aromatic rings. The predicted octanol–water partition coefficient (Wildman–Crippen LogP) is 5.51. The van der Waals surface area contributed by atoms with E-state index >= 15 is 0 Å². The molecule has 2 aliphatic rings. The highest BCUT2D eigenvalue weighted by Gasteiger charge is 2.46. The van der Waals surface area contributed by atoms with Crippen molar-refractivity contribution < 1.29 is 14.6 Å². The van der Waals surface area contributed by atoms with E-state index in [-0.39, 0.29) is 6.42 Å². The van der Waals surface area contributed by atoms with E-state index in [4.69, 9.17) is 9.84 Å². The fourth-order valence-electron chi connectivity index (χ4n) is 4.13. The molecule has 1 N–H and O–H groups in total. The third-order valence-electron chi connectivity index (χ3n) is 5.43. The molecule has 4 atom stereocenters. The molecule has 0 aliphatic carbocycles. The van der Waals surface area contributed by atoms with Gasteiger partial charge in [0.15, 0.2) is 0 Å². The summed E-state index contributed by atoms with van der Waals surface area (Å²) in [7, 11) is 0. The van der Waals surface area contributed by atoms with E-state index in [2.05, 4.69) is 25.2 Å². The van der Waals surface area contributed by atoms with Gasteiger partial charge in [-0.3, -0.25) is 4.79 Å². The Kier molecular flexibility index (Phi) is 8.58. The molecule has 2 rings (SSSR count).